The van der Waals surface area contributed by atoms with Crippen LogP contribution in [0.3, 0.4) is 0 Å². The van der Waals surface area contributed by atoms with Crippen LogP contribution in [0.15, 0.2) is 36.5 Å². The third-order valence-electron chi connectivity index (χ3n) is 3.17. The van der Waals surface area contributed by atoms with E-state index in [1.807, 2.05) is 6.20 Å². The van der Waals surface area contributed by atoms with Crippen molar-refractivity contribution in [2.45, 2.75) is 18.6 Å². The molecule has 2 heterocycles. The van der Waals surface area contributed by atoms with Crippen LogP contribution in [0.1, 0.15) is 18.4 Å². The van der Waals surface area contributed by atoms with Crippen molar-refractivity contribution in [3.63, 3.8) is 0 Å². The van der Waals surface area contributed by atoms with Crippen LogP contribution >= 0.6 is 0 Å². The molecule has 0 amide bonds. The molecule has 14 heavy (non-hydrogen) atoms. The number of rotatable bonds is 1. The van der Waals surface area contributed by atoms with Gasteiger partial charge in [0.2, 0.25) is 0 Å². The van der Waals surface area contributed by atoms with E-state index in [4.69, 9.17) is 0 Å². The van der Waals surface area contributed by atoms with Gasteiger partial charge >= 0.3 is 0 Å². The zero-order valence-electron chi connectivity index (χ0n) is 8.27. The van der Waals surface area contributed by atoms with E-state index in [-0.39, 0.29) is 0 Å². The summed E-state index contributed by atoms with van der Waals surface area (Å²) in [5, 5.41) is 2.65. The van der Waals surface area contributed by atoms with Gasteiger partial charge in [-0.1, -0.05) is 37.0 Å². The van der Waals surface area contributed by atoms with Crippen LogP contribution in [0.4, 0.5) is 0 Å². The smallest absolute Gasteiger partial charge is 0.134 e. The van der Waals surface area contributed by atoms with E-state index in [0.29, 0.717) is 5.82 Å². The van der Waals surface area contributed by atoms with Gasteiger partial charge in [0.15, 0.2) is 0 Å². The van der Waals surface area contributed by atoms with E-state index >= 15 is 0 Å². The summed E-state index contributed by atoms with van der Waals surface area (Å²) in [6.07, 6.45) is 1.93. The average Bonchev–Trinajstić information content (AvgIpc) is 2.95. The monoisotopic (exact) mass is 181 g/mol. The van der Waals surface area contributed by atoms with Crippen molar-refractivity contribution in [1.29, 1.82) is 0 Å². The quantitative estimate of drug-likeness (QED) is 0.616. The van der Waals surface area contributed by atoms with E-state index in [9.17, 15) is 0 Å². The Morgan fingerprint density at radius 3 is 2.79 bits per heavy atom. The van der Waals surface area contributed by atoms with E-state index < -0.39 is 0 Å². The molecule has 0 N–H and O–H groups in total. The first-order valence-corrected chi connectivity index (χ1v) is 5.20. The Balaban J connectivity index is 2.23. The fourth-order valence-corrected chi connectivity index (χ4v) is 2.14. The van der Waals surface area contributed by atoms with Crippen LogP contribution in [0.25, 0.3) is 10.8 Å². The summed E-state index contributed by atoms with van der Waals surface area (Å²) in [5.74, 6) is 1.54. The van der Waals surface area contributed by atoms with Crippen molar-refractivity contribution in [3.8, 4) is 0 Å². The molecule has 0 spiro atoms. The van der Waals surface area contributed by atoms with Gasteiger partial charge in [0.1, 0.15) is 7.28 Å². The fraction of sp³-hybridized carbons (Fsp3) is 0.250. The molecule has 3 rings (SSSR count). The van der Waals surface area contributed by atoms with Crippen LogP contribution < -0.4 is 0 Å². The van der Waals surface area contributed by atoms with Gasteiger partial charge in [-0.2, -0.15) is 0 Å². The molecule has 0 bridgehead atoms. The Bertz CT molecular complexity index is 475. The molecule has 68 valence electrons. The molecule has 2 aromatic rings. The molecule has 1 unspecified atom stereocenters. The summed E-state index contributed by atoms with van der Waals surface area (Å²) in [6.45, 7) is 2.30. The Morgan fingerprint density at radius 2 is 2.00 bits per heavy atom. The lowest BCUT2D eigenvalue weighted by Crippen LogP contribution is -1.89. The second-order valence-corrected chi connectivity index (χ2v) is 4.24. The van der Waals surface area contributed by atoms with Crippen LogP contribution in [-0.4, -0.2) is 12.3 Å². The van der Waals surface area contributed by atoms with Gasteiger partial charge in [0, 0.05) is 17.3 Å². The lowest BCUT2D eigenvalue weighted by molar-refractivity contribution is 0.981. The Labute approximate surface area is 84.4 Å². The fourth-order valence-electron chi connectivity index (χ4n) is 2.14. The first-order valence-electron chi connectivity index (χ1n) is 5.20. The molecule has 1 aromatic heterocycles. The van der Waals surface area contributed by atoms with E-state index in [2.05, 4.69) is 42.2 Å². The number of hydrogen-bond donors (Lipinski definition) is 0. The Hall–Kier alpha value is -1.31. The second-order valence-electron chi connectivity index (χ2n) is 4.24. The van der Waals surface area contributed by atoms with Gasteiger partial charge < -0.3 is 0 Å². The minimum atomic E-state index is 0.709. The zero-order valence-corrected chi connectivity index (χ0v) is 8.27. The average molecular weight is 181 g/mol. The number of pyridine rings is 1. The second kappa shape index (κ2) is 2.84. The SMILES string of the molecule is C[C@@H]1BC1c1nccc2ccccc12. The highest BCUT2D eigenvalue weighted by molar-refractivity contribution is 6.53. The maximum atomic E-state index is 4.52. The number of aromatic nitrogens is 1. The van der Waals surface area contributed by atoms with E-state index in [0.717, 1.165) is 5.82 Å². The van der Waals surface area contributed by atoms with Crippen LogP contribution in [-0.2, 0) is 0 Å². The highest BCUT2D eigenvalue weighted by Crippen LogP contribution is 2.44. The molecule has 0 radical (unpaired) electrons. The molecule has 1 aliphatic heterocycles. The van der Waals surface area contributed by atoms with Gasteiger partial charge in [-0.05, 0) is 17.3 Å². The van der Waals surface area contributed by atoms with Gasteiger partial charge in [-0.15, -0.1) is 0 Å². The molecular weight excluding hydrogens is 169 g/mol. The Morgan fingerprint density at radius 1 is 1.21 bits per heavy atom. The van der Waals surface area contributed by atoms with Crippen LogP contribution in [0.2, 0.25) is 5.82 Å². The van der Waals surface area contributed by atoms with Crippen molar-refractivity contribution in [2.24, 2.45) is 0 Å². The summed E-state index contributed by atoms with van der Waals surface area (Å²) in [5.41, 5.74) is 1.30. The highest BCUT2D eigenvalue weighted by Gasteiger charge is 2.37. The Kier molecular flexibility index (Phi) is 1.63. The molecule has 1 fully saturated rings. The summed E-state index contributed by atoms with van der Waals surface area (Å²) in [7, 11) is 1.31. The lowest BCUT2D eigenvalue weighted by atomic mass is 9.96. The molecule has 2 atom stereocenters. The minimum Gasteiger partial charge on any atom is -0.261 e. The summed E-state index contributed by atoms with van der Waals surface area (Å²) in [6, 6.07) is 10.6. The third kappa shape index (κ3) is 1.14. The van der Waals surface area contributed by atoms with Crippen molar-refractivity contribution in [3.05, 3.63) is 42.2 Å². The van der Waals surface area contributed by atoms with Crippen molar-refractivity contribution in [1.82, 2.24) is 4.98 Å². The van der Waals surface area contributed by atoms with Crippen LogP contribution in [0.5, 0.6) is 0 Å². The molecule has 1 aliphatic rings. The lowest BCUT2D eigenvalue weighted by Gasteiger charge is -2.03. The molecule has 0 saturated carbocycles. The number of hydrogen-bond acceptors (Lipinski definition) is 1. The van der Waals surface area contributed by atoms with Crippen molar-refractivity contribution < 1.29 is 0 Å². The maximum Gasteiger partial charge on any atom is 0.134 e. The van der Waals surface area contributed by atoms with E-state index in [1.54, 1.807) is 0 Å². The number of nitrogens with zero attached hydrogens (tertiary/aromatic N) is 1. The molecular formula is C12H12BN. The molecule has 1 aromatic carbocycles. The van der Waals surface area contributed by atoms with Gasteiger partial charge in [-0.3, -0.25) is 4.98 Å². The predicted molar refractivity (Wildman–Crippen MR) is 61.1 cm³/mol. The zero-order chi connectivity index (χ0) is 9.54. The molecule has 1 nitrogen and oxygen atoms in total. The number of benzene rings is 1. The van der Waals surface area contributed by atoms with Gasteiger partial charge in [0.25, 0.3) is 0 Å². The first-order chi connectivity index (χ1) is 6.86. The molecule has 0 aliphatic carbocycles. The summed E-state index contributed by atoms with van der Waals surface area (Å²) >= 11 is 0. The third-order valence-corrected chi connectivity index (χ3v) is 3.17. The van der Waals surface area contributed by atoms with Gasteiger partial charge in [0.05, 0.1) is 0 Å². The largest absolute Gasteiger partial charge is 0.261 e. The minimum absolute atomic E-state index is 0.709. The van der Waals surface area contributed by atoms with Crippen molar-refractivity contribution >= 4 is 18.1 Å². The predicted octanol–water partition coefficient (Wildman–Crippen LogP) is 2.53. The summed E-state index contributed by atoms with van der Waals surface area (Å²) < 4.78 is 0. The first kappa shape index (κ1) is 8.04. The normalized spacial score (nSPS) is 24.6. The topological polar surface area (TPSA) is 12.9 Å². The van der Waals surface area contributed by atoms with Crippen molar-refractivity contribution in [2.75, 3.05) is 0 Å². The van der Waals surface area contributed by atoms with Gasteiger partial charge in [-0.25, -0.2) is 0 Å². The molecule has 2 heteroatoms. The van der Waals surface area contributed by atoms with Crippen LogP contribution in [0, 0.1) is 0 Å². The molecule has 1 saturated heterocycles. The maximum absolute atomic E-state index is 4.52. The van der Waals surface area contributed by atoms with E-state index in [1.165, 1.54) is 23.7 Å². The highest BCUT2D eigenvalue weighted by atomic mass is 14.7. The standard InChI is InChI=1S/C12H12BN/c1-8-11(13-8)12-10-5-3-2-4-9(10)6-7-14-12/h2-8,11,13H,1H3/t8-,11?/m0/s1. The summed E-state index contributed by atoms with van der Waals surface area (Å²) in [4.78, 5) is 4.52. The number of fused-ring (bicyclic) bond motifs is 1.